The Balaban J connectivity index is 3.20. The molecule has 0 aromatic heterocycles. The lowest BCUT2D eigenvalue weighted by molar-refractivity contribution is 0.160. The van der Waals surface area contributed by atoms with Gasteiger partial charge in [-0.25, -0.2) is 0 Å². The zero-order valence-corrected chi connectivity index (χ0v) is 7.01. The fourth-order valence-corrected chi connectivity index (χ4v) is 0.836. The average Bonchev–Trinajstić information content (AvgIpc) is 1.85. The molecule has 60 valence electrons. The number of aliphatic hydroxyl groups excluding tert-OH is 1. The lowest BCUT2D eigenvalue weighted by atomic mass is 10.0. The summed E-state index contributed by atoms with van der Waals surface area (Å²) >= 11 is 0. The first-order valence-corrected chi connectivity index (χ1v) is 3.95. The second kappa shape index (κ2) is 5.48. The maximum Gasteiger partial charge on any atom is 0.0574 e. The maximum absolute atomic E-state index is 9.23. The third-order valence-corrected chi connectivity index (χ3v) is 1.52. The highest BCUT2D eigenvalue weighted by Gasteiger charge is 2.01. The molecule has 0 radical (unpaired) electrons. The number of hydrogen-bond acceptors (Lipinski definition) is 1. The minimum absolute atomic E-state index is 0.167. The van der Waals surface area contributed by atoms with Gasteiger partial charge < -0.3 is 5.11 Å². The van der Waals surface area contributed by atoms with Crippen LogP contribution in [0.3, 0.4) is 0 Å². The standard InChI is InChI=1S/C9H18O/c1-4-5-9(10)7-6-8(2)3/h4,8-10H,1,5-7H2,2-3H3. The third kappa shape index (κ3) is 5.83. The topological polar surface area (TPSA) is 20.2 Å². The Morgan fingerprint density at radius 1 is 1.40 bits per heavy atom. The first-order valence-electron chi connectivity index (χ1n) is 3.95. The van der Waals surface area contributed by atoms with Crippen molar-refractivity contribution in [2.45, 2.75) is 39.2 Å². The van der Waals surface area contributed by atoms with Crippen molar-refractivity contribution >= 4 is 0 Å². The van der Waals surface area contributed by atoms with Crippen molar-refractivity contribution in [3.05, 3.63) is 12.7 Å². The van der Waals surface area contributed by atoms with Gasteiger partial charge in [0.25, 0.3) is 0 Å². The van der Waals surface area contributed by atoms with Gasteiger partial charge >= 0.3 is 0 Å². The first-order chi connectivity index (χ1) is 4.66. The molecule has 0 rings (SSSR count). The molecule has 0 amide bonds. The van der Waals surface area contributed by atoms with Crippen LogP contribution in [-0.4, -0.2) is 11.2 Å². The predicted octanol–water partition coefficient (Wildman–Crippen LogP) is 2.36. The lowest BCUT2D eigenvalue weighted by Gasteiger charge is -2.08. The Bertz CT molecular complexity index is 86.7. The quantitative estimate of drug-likeness (QED) is 0.584. The molecule has 10 heavy (non-hydrogen) atoms. The number of rotatable bonds is 5. The van der Waals surface area contributed by atoms with E-state index in [2.05, 4.69) is 20.4 Å². The molecule has 1 N–H and O–H groups in total. The van der Waals surface area contributed by atoms with Crippen molar-refractivity contribution in [1.82, 2.24) is 0 Å². The molecule has 0 aliphatic carbocycles. The molecule has 0 saturated heterocycles. The molecular formula is C9H18O. The SMILES string of the molecule is C=CCC(O)CCC(C)C. The minimum Gasteiger partial charge on any atom is -0.393 e. The summed E-state index contributed by atoms with van der Waals surface area (Å²) in [6.45, 7) is 7.90. The van der Waals surface area contributed by atoms with Crippen molar-refractivity contribution in [2.24, 2.45) is 5.92 Å². The van der Waals surface area contributed by atoms with E-state index in [-0.39, 0.29) is 6.10 Å². The molecule has 0 spiro atoms. The van der Waals surface area contributed by atoms with E-state index in [1.54, 1.807) is 6.08 Å². The van der Waals surface area contributed by atoms with Crippen LogP contribution in [0.5, 0.6) is 0 Å². The van der Waals surface area contributed by atoms with Crippen LogP contribution in [-0.2, 0) is 0 Å². The summed E-state index contributed by atoms with van der Waals surface area (Å²) in [6.07, 6.45) is 4.34. The summed E-state index contributed by atoms with van der Waals surface area (Å²) in [5.41, 5.74) is 0. The Morgan fingerprint density at radius 2 is 2.00 bits per heavy atom. The number of aliphatic hydroxyl groups is 1. The van der Waals surface area contributed by atoms with Crippen LogP contribution in [0.1, 0.15) is 33.1 Å². The fourth-order valence-electron chi connectivity index (χ4n) is 0.836. The largest absolute Gasteiger partial charge is 0.393 e. The van der Waals surface area contributed by atoms with Crippen molar-refractivity contribution in [3.63, 3.8) is 0 Å². The Labute approximate surface area is 63.8 Å². The maximum atomic E-state index is 9.23. The van der Waals surface area contributed by atoms with Gasteiger partial charge in [-0.1, -0.05) is 19.9 Å². The van der Waals surface area contributed by atoms with Crippen molar-refractivity contribution in [3.8, 4) is 0 Å². The third-order valence-electron chi connectivity index (χ3n) is 1.52. The highest BCUT2D eigenvalue weighted by Crippen LogP contribution is 2.08. The van der Waals surface area contributed by atoms with Crippen molar-refractivity contribution in [1.29, 1.82) is 0 Å². The second-order valence-corrected chi connectivity index (χ2v) is 3.15. The first kappa shape index (κ1) is 9.70. The van der Waals surface area contributed by atoms with E-state index in [1.807, 2.05) is 0 Å². The lowest BCUT2D eigenvalue weighted by Crippen LogP contribution is -2.05. The second-order valence-electron chi connectivity index (χ2n) is 3.15. The summed E-state index contributed by atoms with van der Waals surface area (Å²) in [4.78, 5) is 0. The highest BCUT2D eigenvalue weighted by molar-refractivity contribution is 4.72. The smallest absolute Gasteiger partial charge is 0.0574 e. The van der Waals surface area contributed by atoms with Gasteiger partial charge in [0.2, 0.25) is 0 Å². The van der Waals surface area contributed by atoms with E-state index in [1.165, 1.54) is 0 Å². The average molecular weight is 142 g/mol. The van der Waals surface area contributed by atoms with E-state index >= 15 is 0 Å². The van der Waals surface area contributed by atoms with Gasteiger partial charge in [-0.3, -0.25) is 0 Å². The molecule has 0 bridgehead atoms. The molecule has 0 aliphatic heterocycles. The zero-order valence-electron chi connectivity index (χ0n) is 7.01. The van der Waals surface area contributed by atoms with Gasteiger partial charge in [0.15, 0.2) is 0 Å². The summed E-state index contributed by atoms with van der Waals surface area (Å²) in [5.74, 6) is 0.694. The van der Waals surface area contributed by atoms with E-state index in [4.69, 9.17) is 0 Å². The predicted molar refractivity (Wildman–Crippen MR) is 44.9 cm³/mol. The molecule has 1 atom stereocenters. The summed E-state index contributed by atoms with van der Waals surface area (Å²) in [6, 6.07) is 0. The van der Waals surface area contributed by atoms with Crippen molar-refractivity contribution in [2.75, 3.05) is 0 Å². The van der Waals surface area contributed by atoms with E-state index < -0.39 is 0 Å². The normalized spacial score (nSPS) is 13.6. The van der Waals surface area contributed by atoms with Crippen LogP contribution in [0.15, 0.2) is 12.7 Å². The molecule has 0 aliphatic rings. The van der Waals surface area contributed by atoms with E-state index in [0.29, 0.717) is 5.92 Å². The molecule has 0 aromatic carbocycles. The Kier molecular flexibility index (Phi) is 5.32. The van der Waals surface area contributed by atoms with Crippen LogP contribution >= 0.6 is 0 Å². The monoisotopic (exact) mass is 142 g/mol. The van der Waals surface area contributed by atoms with Crippen LogP contribution in [0.25, 0.3) is 0 Å². The molecule has 0 aromatic rings. The highest BCUT2D eigenvalue weighted by atomic mass is 16.3. The van der Waals surface area contributed by atoms with Crippen LogP contribution in [0.2, 0.25) is 0 Å². The van der Waals surface area contributed by atoms with Gasteiger partial charge in [-0.2, -0.15) is 0 Å². The van der Waals surface area contributed by atoms with Crippen molar-refractivity contribution < 1.29 is 5.11 Å². The van der Waals surface area contributed by atoms with Gasteiger partial charge in [0.05, 0.1) is 6.10 Å². The summed E-state index contributed by atoms with van der Waals surface area (Å²) in [5, 5.41) is 9.23. The van der Waals surface area contributed by atoms with E-state index in [9.17, 15) is 5.11 Å². The van der Waals surface area contributed by atoms with Gasteiger partial charge in [0, 0.05) is 0 Å². The van der Waals surface area contributed by atoms with Gasteiger partial charge in [-0.05, 0) is 25.2 Å². The van der Waals surface area contributed by atoms with Crippen LogP contribution < -0.4 is 0 Å². The Morgan fingerprint density at radius 3 is 2.40 bits per heavy atom. The minimum atomic E-state index is -0.167. The molecule has 0 fully saturated rings. The Hall–Kier alpha value is -0.300. The van der Waals surface area contributed by atoms with Gasteiger partial charge in [-0.15, -0.1) is 6.58 Å². The molecule has 0 heterocycles. The van der Waals surface area contributed by atoms with Gasteiger partial charge in [0.1, 0.15) is 0 Å². The molecular weight excluding hydrogens is 124 g/mol. The zero-order chi connectivity index (χ0) is 7.98. The molecule has 1 nitrogen and oxygen atoms in total. The summed E-state index contributed by atoms with van der Waals surface area (Å²) in [7, 11) is 0. The molecule has 1 unspecified atom stereocenters. The summed E-state index contributed by atoms with van der Waals surface area (Å²) < 4.78 is 0. The van der Waals surface area contributed by atoms with Crippen LogP contribution in [0, 0.1) is 5.92 Å². The molecule has 0 saturated carbocycles. The van der Waals surface area contributed by atoms with E-state index in [0.717, 1.165) is 19.3 Å². The number of hydrogen-bond donors (Lipinski definition) is 1. The van der Waals surface area contributed by atoms with Crippen LogP contribution in [0.4, 0.5) is 0 Å². The molecule has 1 heteroatoms. The fraction of sp³-hybridized carbons (Fsp3) is 0.778.